The molecule has 0 aromatic rings. The zero-order valence-electron chi connectivity index (χ0n) is 14.5. The predicted molar refractivity (Wildman–Crippen MR) is 103 cm³/mol. The summed E-state index contributed by atoms with van der Waals surface area (Å²) in [6.45, 7) is 0.858. The van der Waals surface area contributed by atoms with Crippen LogP contribution in [0.25, 0.3) is 0 Å². The van der Waals surface area contributed by atoms with Crippen LogP contribution < -0.4 is 10.6 Å². The van der Waals surface area contributed by atoms with E-state index in [1.807, 2.05) is 0 Å². The molecule has 0 aromatic carbocycles. The van der Waals surface area contributed by atoms with Crippen LogP contribution in [0, 0.1) is 5.92 Å². The van der Waals surface area contributed by atoms with E-state index in [9.17, 15) is 4.79 Å². The minimum absolute atomic E-state index is 0. The van der Waals surface area contributed by atoms with E-state index in [1.165, 1.54) is 38.5 Å². The molecule has 0 saturated heterocycles. The molecule has 2 fully saturated rings. The summed E-state index contributed by atoms with van der Waals surface area (Å²) in [6.07, 6.45) is 7.39. The first-order chi connectivity index (χ1) is 10.6. The summed E-state index contributed by atoms with van der Waals surface area (Å²) in [5.41, 5.74) is 0. The lowest BCUT2D eigenvalue weighted by atomic mass is 10.2. The van der Waals surface area contributed by atoms with Crippen molar-refractivity contribution < 1.29 is 9.53 Å². The van der Waals surface area contributed by atoms with Gasteiger partial charge < -0.3 is 20.3 Å². The number of carbonyl (C=O) groups excluding carboxylic acids is 1. The Morgan fingerprint density at radius 2 is 1.91 bits per heavy atom. The molecule has 0 aromatic heterocycles. The molecule has 1 atom stereocenters. The third-order valence-electron chi connectivity index (χ3n) is 4.43. The van der Waals surface area contributed by atoms with Crippen molar-refractivity contribution in [2.24, 2.45) is 10.9 Å². The summed E-state index contributed by atoms with van der Waals surface area (Å²) in [4.78, 5) is 17.8. The summed E-state index contributed by atoms with van der Waals surface area (Å²) in [5, 5.41) is 6.98. The van der Waals surface area contributed by atoms with E-state index in [0.29, 0.717) is 18.6 Å². The number of aliphatic imine (C=N–C) groups is 1. The Labute approximate surface area is 156 Å². The molecule has 0 heterocycles. The van der Waals surface area contributed by atoms with Gasteiger partial charge in [0, 0.05) is 27.2 Å². The van der Waals surface area contributed by atoms with Crippen LogP contribution >= 0.6 is 24.0 Å². The molecular formula is C16H31IN4O2. The first-order valence-corrected chi connectivity index (χ1v) is 8.36. The zero-order chi connectivity index (χ0) is 15.9. The largest absolute Gasteiger partial charge is 0.383 e. The van der Waals surface area contributed by atoms with Crippen molar-refractivity contribution in [1.29, 1.82) is 0 Å². The van der Waals surface area contributed by atoms with Gasteiger partial charge in [-0.25, -0.2) is 4.99 Å². The first-order valence-electron chi connectivity index (χ1n) is 8.36. The van der Waals surface area contributed by atoms with Gasteiger partial charge in [0.2, 0.25) is 5.91 Å². The number of ether oxygens (including phenoxy) is 1. The summed E-state index contributed by atoms with van der Waals surface area (Å²) in [6, 6.07) is 0.759. The highest BCUT2D eigenvalue weighted by molar-refractivity contribution is 14.0. The smallest absolute Gasteiger partial charge is 0.243 e. The molecule has 2 rings (SSSR count). The van der Waals surface area contributed by atoms with Gasteiger partial charge in [0.05, 0.1) is 12.6 Å². The van der Waals surface area contributed by atoms with Crippen LogP contribution in [0.1, 0.15) is 38.5 Å². The van der Waals surface area contributed by atoms with Crippen molar-refractivity contribution in [1.82, 2.24) is 15.5 Å². The number of nitrogens with zero attached hydrogens (tertiary/aromatic N) is 2. The van der Waals surface area contributed by atoms with Crippen LogP contribution in [-0.4, -0.2) is 63.2 Å². The first kappa shape index (κ1) is 20.5. The fourth-order valence-corrected chi connectivity index (χ4v) is 2.83. The Bertz CT molecular complexity index is 394. The molecule has 0 bridgehead atoms. The Kier molecular flexibility index (Phi) is 9.19. The number of nitrogens with one attached hydrogen (secondary N) is 2. The molecule has 7 heteroatoms. The molecule has 6 nitrogen and oxygen atoms in total. The van der Waals surface area contributed by atoms with Crippen LogP contribution in [0.5, 0.6) is 0 Å². The van der Waals surface area contributed by atoms with E-state index in [-0.39, 0.29) is 42.5 Å². The maximum absolute atomic E-state index is 11.8. The minimum Gasteiger partial charge on any atom is -0.383 e. The standard InChI is InChI=1S/C16H30N4O2.HI/c1-20(2)15(21)10-17-16(18-13-6-4-5-7-13)19-14(11-22-3)12-8-9-12;/h12-14H,4-11H2,1-3H3,(H2,17,18,19);1H. The van der Waals surface area contributed by atoms with E-state index >= 15 is 0 Å². The Morgan fingerprint density at radius 1 is 1.26 bits per heavy atom. The fraction of sp³-hybridized carbons (Fsp3) is 0.875. The molecule has 1 amide bonds. The van der Waals surface area contributed by atoms with Gasteiger partial charge in [-0.3, -0.25) is 4.79 Å². The van der Waals surface area contributed by atoms with Gasteiger partial charge in [0.25, 0.3) is 0 Å². The Balaban J connectivity index is 0.00000264. The molecule has 0 aliphatic heterocycles. The molecule has 2 aliphatic rings. The maximum atomic E-state index is 11.8. The highest BCUT2D eigenvalue weighted by atomic mass is 127. The third-order valence-corrected chi connectivity index (χ3v) is 4.43. The monoisotopic (exact) mass is 438 g/mol. The molecule has 2 saturated carbocycles. The van der Waals surface area contributed by atoms with E-state index in [1.54, 1.807) is 26.1 Å². The SMILES string of the molecule is COCC(NC(=NCC(=O)N(C)C)NC1CCCC1)C1CC1.I. The van der Waals surface area contributed by atoms with E-state index < -0.39 is 0 Å². The number of carbonyl (C=O) groups is 1. The van der Waals surface area contributed by atoms with Crippen LogP contribution in [0.3, 0.4) is 0 Å². The quantitative estimate of drug-likeness (QED) is 0.360. The number of guanidine groups is 1. The highest BCUT2D eigenvalue weighted by Gasteiger charge is 2.32. The van der Waals surface area contributed by atoms with Gasteiger partial charge in [-0.05, 0) is 31.6 Å². The van der Waals surface area contributed by atoms with E-state index in [4.69, 9.17) is 4.74 Å². The van der Waals surface area contributed by atoms with Crippen LogP contribution in [0.2, 0.25) is 0 Å². The average Bonchev–Trinajstić information content (AvgIpc) is 3.21. The second-order valence-electron chi connectivity index (χ2n) is 6.62. The lowest BCUT2D eigenvalue weighted by Crippen LogP contribution is -2.49. The van der Waals surface area contributed by atoms with Crippen molar-refractivity contribution >= 4 is 35.8 Å². The summed E-state index contributed by atoms with van der Waals surface area (Å²) >= 11 is 0. The lowest BCUT2D eigenvalue weighted by molar-refractivity contribution is -0.127. The molecule has 0 spiro atoms. The van der Waals surface area contributed by atoms with Crippen molar-refractivity contribution in [2.75, 3.05) is 34.4 Å². The molecule has 1 unspecified atom stereocenters. The second kappa shape index (κ2) is 10.3. The summed E-state index contributed by atoms with van der Waals surface area (Å²) < 4.78 is 5.32. The summed E-state index contributed by atoms with van der Waals surface area (Å²) in [5.74, 6) is 1.44. The van der Waals surface area contributed by atoms with Gasteiger partial charge in [-0.15, -0.1) is 24.0 Å². The van der Waals surface area contributed by atoms with Crippen molar-refractivity contribution in [2.45, 2.75) is 50.6 Å². The molecule has 0 radical (unpaired) electrons. The summed E-state index contributed by atoms with van der Waals surface area (Å²) in [7, 11) is 5.24. The second-order valence-corrected chi connectivity index (χ2v) is 6.62. The van der Waals surface area contributed by atoms with E-state index in [0.717, 1.165) is 5.96 Å². The Hall–Kier alpha value is -0.570. The number of halogens is 1. The van der Waals surface area contributed by atoms with Crippen LogP contribution in [-0.2, 0) is 9.53 Å². The number of methoxy groups -OCH3 is 1. The van der Waals surface area contributed by atoms with Gasteiger partial charge in [-0.1, -0.05) is 12.8 Å². The zero-order valence-corrected chi connectivity index (χ0v) is 16.8. The van der Waals surface area contributed by atoms with Gasteiger partial charge in [-0.2, -0.15) is 0 Å². The van der Waals surface area contributed by atoms with Crippen molar-refractivity contribution in [3.63, 3.8) is 0 Å². The predicted octanol–water partition coefficient (Wildman–Crippen LogP) is 1.60. The van der Waals surface area contributed by atoms with Crippen LogP contribution in [0.15, 0.2) is 4.99 Å². The normalized spacial score (nSPS) is 19.9. The van der Waals surface area contributed by atoms with E-state index in [2.05, 4.69) is 15.6 Å². The van der Waals surface area contributed by atoms with Crippen molar-refractivity contribution in [3.05, 3.63) is 0 Å². The highest BCUT2D eigenvalue weighted by Crippen LogP contribution is 2.32. The number of amides is 1. The average molecular weight is 438 g/mol. The maximum Gasteiger partial charge on any atom is 0.243 e. The number of likely N-dealkylation sites (N-methyl/N-ethyl adjacent to an activating group) is 1. The molecular weight excluding hydrogens is 407 g/mol. The molecule has 134 valence electrons. The Morgan fingerprint density at radius 3 is 2.43 bits per heavy atom. The molecule has 2 aliphatic carbocycles. The number of hydrogen-bond donors (Lipinski definition) is 2. The van der Waals surface area contributed by atoms with Gasteiger partial charge in [0.15, 0.2) is 5.96 Å². The topological polar surface area (TPSA) is 66.0 Å². The fourth-order valence-electron chi connectivity index (χ4n) is 2.83. The molecule has 23 heavy (non-hydrogen) atoms. The number of hydrogen-bond acceptors (Lipinski definition) is 3. The van der Waals surface area contributed by atoms with Crippen LogP contribution in [0.4, 0.5) is 0 Å². The van der Waals surface area contributed by atoms with Gasteiger partial charge >= 0.3 is 0 Å². The number of rotatable bonds is 7. The van der Waals surface area contributed by atoms with Gasteiger partial charge in [0.1, 0.15) is 6.54 Å². The van der Waals surface area contributed by atoms with Crippen molar-refractivity contribution in [3.8, 4) is 0 Å². The lowest BCUT2D eigenvalue weighted by Gasteiger charge is -2.23. The molecule has 2 N–H and O–H groups in total. The third kappa shape index (κ3) is 7.24. The minimum atomic E-state index is 0.